The summed E-state index contributed by atoms with van der Waals surface area (Å²) in [6, 6.07) is 3.94. The van der Waals surface area contributed by atoms with E-state index >= 15 is 0 Å². The predicted octanol–water partition coefficient (Wildman–Crippen LogP) is 3.53. The lowest BCUT2D eigenvalue weighted by Crippen LogP contribution is -2.42. The quantitative estimate of drug-likeness (QED) is 0.662. The third-order valence-electron chi connectivity index (χ3n) is 4.61. The van der Waals surface area contributed by atoms with E-state index in [-0.39, 0.29) is 12.0 Å². The number of amides is 1. The number of ether oxygens (including phenoxy) is 1. The Kier molecular flexibility index (Phi) is 5.84. The number of hydrogen-bond acceptors (Lipinski definition) is 9. The van der Waals surface area contributed by atoms with Gasteiger partial charge in [-0.05, 0) is 43.9 Å². The molecule has 1 saturated heterocycles. The van der Waals surface area contributed by atoms with E-state index < -0.39 is 0 Å². The van der Waals surface area contributed by atoms with Crippen LogP contribution in [0.5, 0.6) is 0 Å². The van der Waals surface area contributed by atoms with Gasteiger partial charge in [0, 0.05) is 23.3 Å². The van der Waals surface area contributed by atoms with Gasteiger partial charge in [0.05, 0.1) is 30.2 Å². The number of anilines is 2. The van der Waals surface area contributed by atoms with E-state index in [9.17, 15) is 4.79 Å². The summed E-state index contributed by atoms with van der Waals surface area (Å²) in [7, 11) is 0. The highest BCUT2D eigenvalue weighted by atomic mass is 32.1. The van der Waals surface area contributed by atoms with Crippen LogP contribution in [-0.2, 0) is 11.2 Å². The monoisotopic (exact) mass is 430 g/mol. The molecule has 3 aromatic heterocycles. The lowest BCUT2D eigenvalue weighted by molar-refractivity contribution is -0.0246. The maximum Gasteiger partial charge on any atom is 0.267 e. The Morgan fingerprint density at radius 2 is 2.17 bits per heavy atom. The van der Waals surface area contributed by atoms with Crippen LogP contribution in [0.25, 0.3) is 0 Å². The summed E-state index contributed by atoms with van der Waals surface area (Å²) in [6.07, 6.45) is 0.410. The Morgan fingerprint density at radius 1 is 1.31 bits per heavy atom. The first kappa shape index (κ1) is 19.9. The molecule has 0 spiro atoms. The number of nitrogens with one attached hydrogen (secondary N) is 1. The number of aromatic nitrogens is 4. The Bertz CT molecular complexity index is 1020. The fourth-order valence-corrected chi connectivity index (χ4v) is 4.65. The van der Waals surface area contributed by atoms with Gasteiger partial charge in [-0.1, -0.05) is 11.4 Å². The van der Waals surface area contributed by atoms with Crippen LogP contribution in [-0.4, -0.2) is 50.1 Å². The summed E-state index contributed by atoms with van der Waals surface area (Å²) in [5.41, 5.74) is 4.33. The van der Waals surface area contributed by atoms with Gasteiger partial charge in [-0.2, -0.15) is 0 Å². The Morgan fingerprint density at radius 3 is 2.93 bits per heavy atom. The lowest BCUT2D eigenvalue weighted by atomic mass is 10.1. The van der Waals surface area contributed by atoms with Gasteiger partial charge in [-0.15, -0.1) is 16.4 Å². The molecular weight excluding hydrogens is 408 g/mol. The molecule has 152 valence electrons. The van der Waals surface area contributed by atoms with E-state index in [1.807, 2.05) is 43.2 Å². The van der Waals surface area contributed by atoms with Gasteiger partial charge in [0.15, 0.2) is 5.13 Å². The maximum atomic E-state index is 13.0. The highest BCUT2D eigenvalue weighted by Gasteiger charge is 2.29. The molecule has 10 heteroatoms. The second-order valence-electron chi connectivity index (χ2n) is 6.85. The molecule has 1 amide bonds. The lowest BCUT2D eigenvalue weighted by Gasteiger charge is -2.32. The number of morpholine rings is 1. The van der Waals surface area contributed by atoms with Crippen LogP contribution in [0.1, 0.15) is 45.5 Å². The Hall–Kier alpha value is -2.43. The summed E-state index contributed by atoms with van der Waals surface area (Å²) in [5, 5.41) is 10.2. The molecule has 1 N–H and O–H groups in total. The summed E-state index contributed by atoms with van der Waals surface area (Å²) >= 11 is 2.72. The van der Waals surface area contributed by atoms with E-state index in [2.05, 4.69) is 24.9 Å². The molecule has 4 heterocycles. The first-order chi connectivity index (χ1) is 14.0. The van der Waals surface area contributed by atoms with E-state index in [1.165, 1.54) is 0 Å². The molecule has 29 heavy (non-hydrogen) atoms. The largest absolute Gasteiger partial charge is 0.368 e. The van der Waals surface area contributed by atoms with E-state index in [1.54, 1.807) is 11.3 Å². The molecule has 1 aliphatic rings. The van der Waals surface area contributed by atoms with Crippen molar-refractivity contribution in [1.82, 2.24) is 24.5 Å². The van der Waals surface area contributed by atoms with Gasteiger partial charge in [0.25, 0.3) is 5.91 Å². The third kappa shape index (κ3) is 4.44. The number of pyridine rings is 1. The number of aryl methyl sites for hydroxylation is 3. The summed E-state index contributed by atoms with van der Waals surface area (Å²) in [5.74, 6) is -0.0330. The summed E-state index contributed by atoms with van der Waals surface area (Å²) in [6.45, 7) is 7.36. The molecule has 0 aromatic carbocycles. The van der Waals surface area contributed by atoms with Crippen LogP contribution >= 0.6 is 22.9 Å². The topological polar surface area (TPSA) is 93.1 Å². The van der Waals surface area contributed by atoms with Crippen molar-refractivity contribution in [1.29, 1.82) is 0 Å². The maximum absolute atomic E-state index is 13.0. The zero-order valence-electron chi connectivity index (χ0n) is 16.5. The highest BCUT2D eigenvalue weighted by Crippen LogP contribution is 2.28. The molecule has 8 nitrogen and oxygen atoms in total. The molecule has 3 aromatic rings. The minimum Gasteiger partial charge on any atom is -0.368 e. The van der Waals surface area contributed by atoms with Gasteiger partial charge in [0.1, 0.15) is 11.0 Å². The minimum atomic E-state index is -0.280. The van der Waals surface area contributed by atoms with Crippen molar-refractivity contribution in [3.05, 3.63) is 45.2 Å². The van der Waals surface area contributed by atoms with Gasteiger partial charge >= 0.3 is 0 Å². The molecule has 1 aliphatic heterocycles. The van der Waals surface area contributed by atoms with Crippen molar-refractivity contribution < 1.29 is 9.53 Å². The Balaban J connectivity index is 1.52. The van der Waals surface area contributed by atoms with E-state index in [0.29, 0.717) is 31.0 Å². The van der Waals surface area contributed by atoms with Crippen molar-refractivity contribution in [2.24, 2.45) is 0 Å². The molecule has 1 atom stereocenters. The molecule has 1 fully saturated rings. The van der Waals surface area contributed by atoms with E-state index in [4.69, 9.17) is 4.74 Å². The Labute approximate surface area is 177 Å². The van der Waals surface area contributed by atoms with Crippen LogP contribution in [0.3, 0.4) is 0 Å². The average molecular weight is 431 g/mol. The first-order valence-corrected chi connectivity index (χ1v) is 11.1. The van der Waals surface area contributed by atoms with Crippen molar-refractivity contribution in [3.8, 4) is 0 Å². The third-order valence-corrected chi connectivity index (χ3v) is 6.24. The fourth-order valence-electron chi connectivity index (χ4n) is 3.22. The van der Waals surface area contributed by atoms with Crippen LogP contribution in [0.4, 0.5) is 10.8 Å². The normalized spacial score (nSPS) is 16.8. The number of hydrogen-bond donors (Lipinski definition) is 1. The van der Waals surface area contributed by atoms with Crippen molar-refractivity contribution in [2.75, 3.05) is 25.0 Å². The number of thiazole rings is 1. The van der Waals surface area contributed by atoms with Crippen LogP contribution < -0.4 is 5.32 Å². The van der Waals surface area contributed by atoms with Crippen molar-refractivity contribution in [2.45, 2.75) is 33.3 Å². The molecule has 0 aliphatic carbocycles. The van der Waals surface area contributed by atoms with Gasteiger partial charge in [-0.25, -0.2) is 4.98 Å². The van der Waals surface area contributed by atoms with Gasteiger partial charge in [-0.3, -0.25) is 9.78 Å². The number of carbonyl (C=O) groups excluding carboxylic acids is 1. The number of nitrogens with zero attached hydrogens (tertiary/aromatic N) is 5. The van der Waals surface area contributed by atoms with Gasteiger partial charge < -0.3 is 15.0 Å². The fraction of sp³-hybridized carbons (Fsp3) is 0.421. The second kappa shape index (κ2) is 8.52. The predicted molar refractivity (Wildman–Crippen MR) is 113 cm³/mol. The van der Waals surface area contributed by atoms with Crippen molar-refractivity contribution >= 4 is 39.6 Å². The van der Waals surface area contributed by atoms with Gasteiger partial charge in [0.2, 0.25) is 0 Å². The summed E-state index contributed by atoms with van der Waals surface area (Å²) < 4.78 is 9.90. The van der Waals surface area contributed by atoms with Crippen LogP contribution in [0.15, 0.2) is 17.5 Å². The molecule has 0 radical (unpaired) electrons. The standard InChI is InChI=1S/C19H22N6O2S2/c1-4-14-17(29-24-23-14)18(26)25-5-6-27-16(9-25)15-8-13(7-11(2)20-15)22-19-21-12(3)10-28-19/h7-8,10,16H,4-6,9H2,1-3H3,(H,20,21,22)/t16-/m0/s1. The number of rotatable bonds is 5. The minimum absolute atomic E-state index is 0.0330. The number of carbonyl (C=O) groups is 1. The van der Waals surface area contributed by atoms with Crippen LogP contribution in [0, 0.1) is 13.8 Å². The molecular formula is C19H22N6O2S2. The molecule has 0 bridgehead atoms. The SMILES string of the molecule is CCc1nnsc1C(=O)N1CCO[C@H](c2cc(Nc3nc(C)cs3)cc(C)n2)C1. The van der Waals surface area contributed by atoms with Crippen molar-refractivity contribution in [3.63, 3.8) is 0 Å². The van der Waals surface area contributed by atoms with E-state index in [0.717, 1.165) is 45.1 Å². The second-order valence-corrected chi connectivity index (χ2v) is 8.47. The molecule has 0 saturated carbocycles. The smallest absolute Gasteiger partial charge is 0.267 e. The summed E-state index contributed by atoms with van der Waals surface area (Å²) in [4.78, 5) is 24.5. The average Bonchev–Trinajstić information content (AvgIpc) is 3.35. The molecule has 0 unspecified atom stereocenters. The zero-order valence-corrected chi connectivity index (χ0v) is 18.1. The van der Waals surface area contributed by atoms with Crippen LogP contribution in [0.2, 0.25) is 0 Å². The highest BCUT2D eigenvalue weighted by molar-refractivity contribution is 7.13. The zero-order chi connectivity index (χ0) is 20.4. The first-order valence-electron chi connectivity index (χ1n) is 9.43. The molecule has 4 rings (SSSR count).